The minimum absolute atomic E-state index is 0.00261. The molecule has 4 heterocycles. The van der Waals surface area contributed by atoms with Crippen molar-refractivity contribution in [1.82, 2.24) is 24.4 Å². The predicted octanol–water partition coefficient (Wildman–Crippen LogP) is 4.25. The van der Waals surface area contributed by atoms with Crippen LogP contribution in [0.15, 0.2) is 52.5 Å². The number of nitriles is 1. The van der Waals surface area contributed by atoms with Crippen LogP contribution in [0.3, 0.4) is 0 Å². The number of hydrogen-bond acceptors (Lipinski definition) is 6. The maximum Gasteiger partial charge on any atom is 0.226 e. The minimum atomic E-state index is -3.85. The fraction of sp³-hybridized carbons (Fsp3) is 0.400. The molecule has 1 N–H and O–H groups in total. The largest absolute Gasteiger partial charge is 0.346 e. The van der Waals surface area contributed by atoms with Gasteiger partial charge in [0, 0.05) is 43.2 Å². The van der Waals surface area contributed by atoms with Crippen molar-refractivity contribution < 1.29 is 8.42 Å². The highest BCUT2D eigenvalue weighted by Gasteiger charge is 2.31. The topological polar surface area (TPSA) is 108 Å². The minimum Gasteiger partial charge on any atom is -0.346 e. The highest BCUT2D eigenvalue weighted by atomic mass is 32.2. The summed E-state index contributed by atoms with van der Waals surface area (Å²) in [6.45, 7) is 5.94. The molecule has 34 heavy (non-hydrogen) atoms. The summed E-state index contributed by atoms with van der Waals surface area (Å²) in [5.74, 6) is 0.874. The molecule has 1 fully saturated rings. The van der Waals surface area contributed by atoms with Crippen LogP contribution in [0.25, 0.3) is 22.1 Å². The van der Waals surface area contributed by atoms with Crippen molar-refractivity contribution >= 4 is 31.9 Å². The van der Waals surface area contributed by atoms with Gasteiger partial charge in [-0.3, -0.25) is 4.90 Å². The highest BCUT2D eigenvalue weighted by molar-refractivity contribution is 7.91. The number of pyridine rings is 1. The maximum atomic E-state index is 13.6. The quantitative estimate of drug-likeness (QED) is 0.446. The Morgan fingerprint density at radius 3 is 2.59 bits per heavy atom. The second-order valence-electron chi connectivity index (χ2n) is 8.90. The molecule has 0 saturated carbocycles. The van der Waals surface area contributed by atoms with E-state index in [-0.39, 0.29) is 22.0 Å². The Balaban J connectivity index is 1.66. The van der Waals surface area contributed by atoms with E-state index in [1.165, 1.54) is 0 Å². The van der Waals surface area contributed by atoms with E-state index in [4.69, 9.17) is 10.2 Å². The molecule has 176 valence electrons. The molecule has 1 aromatic carbocycles. The third-order valence-electron chi connectivity index (χ3n) is 6.88. The van der Waals surface area contributed by atoms with Crippen molar-refractivity contribution in [3.8, 4) is 6.07 Å². The Morgan fingerprint density at radius 1 is 1.18 bits per heavy atom. The van der Waals surface area contributed by atoms with E-state index in [0.29, 0.717) is 24.0 Å². The van der Waals surface area contributed by atoms with Gasteiger partial charge in [-0.25, -0.2) is 18.4 Å². The lowest BCUT2D eigenvalue weighted by molar-refractivity contribution is 0.145. The molecule has 0 aliphatic carbocycles. The van der Waals surface area contributed by atoms with Gasteiger partial charge in [0.1, 0.15) is 17.0 Å². The van der Waals surface area contributed by atoms with Crippen LogP contribution in [0, 0.1) is 11.3 Å². The second kappa shape index (κ2) is 8.85. The van der Waals surface area contributed by atoms with Crippen molar-refractivity contribution in [3.05, 3.63) is 48.4 Å². The van der Waals surface area contributed by atoms with Gasteiger partial charge in [0.25, 0.3) is 0 Å². The molecule has 1 unspecified atom stereocenters. The zero-order valence-electron chi connectivity index (χ0n) is 19.4. The Kier molecular flexibility index (Phi) is 5.88. The first kappa shape index (κ1) is 22.6. The summed E-state index contributed by atoms with van der Waals surface area (Å²) in [6.07, 6.45) is 4.85. The van der Waals surface area contributed by atoms with Crippen LogP contribution in [0.1, 0.15) is 45.0 Å². The maximum absolute atomic E-state index is 13.6. The molecule has 5 rings (SSSR count). The number of fused-ring (bicyclic) bond motifs is 3. The molecule has 1 aliphatic rings. The van der Waals surface area contributed by atoms with Gasteiger partial charge in [0.2, 0.25) is 9.84 Å². The molecular weight excluding hydrogens is 448 g/mol. The normalized spacial score (nSPS) is 16.7. The van der Waals surface area contributed by atoms with E-state index >= 15 is 0 Å². The number of imidazole rings is 1. The number of H-pyrrole nitrogens is 1. The summed E-state index contributed by atoms with van der Waals surface area (Å²) in [7, 11) is -3.85. The molecule has 1 aliphatic heterocycles. The van der Waals surface area contributed by atoms with Gasteiger partial charge in [0.15, 0.2) is 5.03 Å². The SMILES string of the molecule is CCc1nc2c(S(=O)(=O)c3ccccc3)nc3[nH]ccc3c2n1C1CCN(C(C)CC#N)CC1. The van der Waals surface area contributed by atoms with Gasteiger partial charge in [-0.05, 0) is 38.0 Å². The van der Waals surface area contributed by atoms with Gasteiger partial charge >= 0.3 is 0 Å². The van der Waals surface area contributed by atoms with Crippen molar-refractivity contribution in [3.63, 3.8) is 0 Å². The smallest absolute Gasteiger partial charge is 0.226 e. The number of sulfone groups is 1. The average molecular weight is 477 g/mol. The summed E-state index contributed by atoms with van der Waals surface area (Å²) < 4.78 is 29.5. The highest BCUT2D eigenvalue weighted by Crippen LogP contribution is 2.36. The van der Waals surface area contributed by atoms with Crippen molar-refractivity contribution in [2.24, 2.45) is 0 Å². The number of likely N-dealkylation sites (tertiary alicyclic amines) is 1. The second-order valence-corrected chi connectivity index (χ2v) is 10.8. The monoisotopic (exact) mass is 476 g/mol. The summed E-state index contributed by atoms with van der Waals surface area (Å²) in [5.41, 5.74) is 1.82. The van der Waals surface area contributed by atoms with Crippen LogP contribution >= 0.6 is 0 Å². The fourth-order valence-corrected chi connectivity index (χ4v) is 6.42. The van der Waals surface area contributed by atoms with Gasteiger partial charge in [-0.15, -0.1) is 0 Å². The number of aryl methyl sites for hydroxylation is 1. The molecule has 8 nitrogen and oxygen atoms in total. The molecule has 0 radical (unpaired) electrons. The van der Waals surface area contributed by atoms with Gasteiger partial charge in [0.05, 0.1) is 22.9 Å². The standard InChI is InChI=1S/C25H28N6O2S/c1-3-21-28-22-23(31(21)18-11-15-30(16-12-18)17(2)9-13-26)20-10-14-27-24(20)29-25(22)34(32,33)19-7-5-4-6-8-19/h4-8,10,14,17-18H,3,9,11-12,15-16H2,1-2H3,(H,27,29). The van der Waals surface area contributed by atoms with E-state index in [9.17, 15) is 8.42 Å². The molecule has 1 saturated heterocycles. The number of nitrogens with zero attached hydrogens (tertiary/aromatic N) is 5. The van der Waals surface area contributed by atoms with Crippen molar-refractivity contribution in [2.45, 2.75) is 61.5 Å². The van der Waals surface area contributed by atoms with Crippen molar-refractivity contribution in [1.29, 1.82) is 5.26 Å². The molecule has 9 heteroatoms. The van der Waals surface area contributed by atoms with Gasteiger partial charge < -0.3 is 9.55 Å². The van der Waals surface area contributed by atoms with Crippen LogP contribution in [0.2, 0.25) is 0 Å². The Hall–Kier alpha value is -3.22. The Bertz CT molecular complexity index is 1470. The van der Waals surface area contributed by atoms with E-state index in [2.05, 4.69) is 39.4 Å². The lowest BCUT2D eigenvalue weighted by atomic mass is 10.0. The molecule has 1 atom stereocenters. The first-order valence-corrected chi connectivity index (χ1v) is 13.2. The first-order chi connectivity index (χ1) is 16.5. The van der Waals surface area contributed by atoms with Crippen LogP contribution in [0.4, 0.5) is 0 Å². The number of aromatic nitrogens is 4. The van der Waals surface area contributed by atoms with E-state index < -0.39 is 9.84 Å². The van der Waals surface area contributed by atoms with Crippen molar-refractivity contribution in [2.75, 3.05) is 13.1 Å². The van der Waals surface area contributed by atoms with E-state index in [1.54, 1.807) is 36.5 Å². The summed E-state index contributed by atoms with van der Waals surface area (Å²) >= 11 is 0. The number of rotatable bonds is 6. The Labute approximate surface area is 199 Å². The molecule has 0 bridgehead atoms. The fourth-order valence-electron chi connectivity index (χ4n) is 5.07. The van der Waals surface area contributed by atoms with Crippen LogP contribution in [0.5, 0.6) is 0 Å². The summed E-state index contributed by atoms with van der Waals surface area (Å²) in [6, 6.07) is 13.1. The summed E-state index contributed by atoms with van der Waals surface area (Å²) in [5, 5.41) is 9.94. The zero-order valence-corrected chi connectivity index (χ0v) is 20.2. The lowest BCUT2D eigenvalue weighted by Gasteiger charge is -2.36. The molecule has 0 amide bonds. The molecule has 3 aromatic heterocycles. The van der Waals surface area contributed by atoms with E-state index in [1.807, 2.05) is 6.07 Å². The summed E-state index contributed by atoms with van der Waals surface area (Å²) in [4.78, 5) is 15.1. The number of benzene rings is 1. The Morgan fingerprint density at radius 2 is 1.91 bits per heavy atom. The zero-order chi connectivity index (χ0) is 23.9. The van der Waals surface area contributed by atoms with Crippen LogP contribution in [-0.4, -0.2) is 52.0 Å². The third kappa shape index (κ3) is 3.67. The number of hydrogen-bond donors (Lipinski definition) is 1. The predicted molar refractivity (Wildman–Crippen MR) is 130 cm³/mol. The number of nitrogens with one attached hydrogen (secondary N) is 1. The number of piperidine rings is 1. The van der Waals surface area contributed by atoms with Crippen LogP contribution < -0.4 is 0 Å². The molecule has 0 spiro atoms. The van der Waals surface area contributed by atoms with Crippen LogP contribution in [-0.2, 0) is 16.3 Å². The number of aromatic amines is 1. The van der Waals surface area contributed by atoms with Gasteiger partial charge in [-0.2, -0.15) is 5.26 Å². The third-order valence-corrected chi connectivity index (χ3v) is 8.57. The van der Waals surface area contributed by atoms with E-state index in [0.717, 1.165) is 42.7 Å². The molecular formula is C25H28N6O2S. The average Bonchev–Trinajstić information content (AvgIpc) is 3.48. The lowest BCUT2D eigenvalue weighted by Crippen LogP contribution is -2.40. The van der Waals surface area contributed by atoms with Gasteiger partial charge in [-0.1, -0.05) is 25.1 Å². The molecule has 4 aromatic rings. The first-order valence-electron chi connectivity index (χ1n) is 11.7.